The van der Waals surface area contributed by atoms with Gasteiger partial charge in [0.05, 0.1) is 0 Å². The molecule has 1 aromatic heterocycles. The summed E-state index contributed by atoms with van der Waals surface area (Å²) in [5.41, 5.74) is 0.0218. The molecule has 0 saturated carbocycles. The average molecular weight is 171 g/mol. The first kappa shape index (κ1) is 8.65. The third-order valence-electron chi connectivity index (χ3n) is 1.33. The highest BCUT2D eigenvalue weighted by atomic mass is 32.2. The van der Waals surface area contributed by atoms with Gasteiger partial charge in [0.15, 0.2) is 5.89 Å². The van der Waals surface area contributed by atoms with E-state index in [1.165, 1.54) is 0 Å². The number of hydrogen-bond donors (Lipinski definition) is 0. The van der Waals surface area contributed by atoms with Crippen LogP contribution in [-0.4, -0.2) is 11.2 Å². The van der Waals surface area contributed by atoms with Crippen LogP contribution in [0.25, 0.3) is 0 Å². The van der Waals surface area contributed by atoms with Crippen LogP contribution in [0.4, 0.5) is 0 Å². The van der Waals surface area contributed by atoms with Crippen molar-refractivity contribution >= 4 is 11.8 Å². The highest BCUT2D eigenvalue weighted by Crippen LogP contribution is 2.23. The summed E-state index contributed by atoms with van der Waals surface area (Å²) in [6, 6.07) is 0. The van der Waals surface area contributed by atoms with E-state index in [0.29, 0.717) is 0 Å². The predicted octanol–water partition coefficient (Wildman–Crippen LogP) is 2.69. The summed E-state index contributed by atoms with van der Waals surface area (Å²) in [5, 5.41) is 0.954. The Kier molecular flexibility index (Phi) is 2.28. The largest absolute Gasteiger partial charge is 0.447 e. The Morgan fingerprint density at radius 3 is 2.36 bits per heavy atom. The third-order valence-corrected chi connectivity index (χ3v) is 1.94. The zero-order valence-corrected chi connectivity index (χ0v) is 8.16. The van der Waals surface area contributed by atoms with Crippen LogP contribution in [0.2, 0.25) is 0 Å². The second kappa shape index (κ2) is 2.89. The molecule has 1 aromatic rings. The van der Waals surface area contributed by atoms with E-state index in [4.69, 9.17) is 4.42 Å². The van der Waals surface area contributed by atoms with Gasteiger partial charge in [-0.3, -0.25) is 0 Å². The van der Waals surface area contributed by atoms with E-state index >= 15 is 0 Å². The fourth-order valence-corrected chi connectivity index (χ4v) is 1.02. The molecular weight excluding hydrogens is 158 g/mol. The topological polar surface area (TPSA) is 26.0 Å². The lowest BCUT2D eigenvalue weighted by Crippen LogP contribution is -2.11. The van der Waals surface area contributed by atoms with Gasteiger partial charge in [-0.05, 0) is 6.26 Å². The maximum Gasteiger partial charge on any atom is 0.200 e. The van der Waals surface area contributed by atoms with E-state index in [9.17, 15) is 0 Å². The maximum absolute atomic E-state index is 5.29. The molecule has 0 spiro atoms. The number of aromatic nitrogens is 1. The highest BCUT2D eigenvalue weighted by molar-refractivity contribution is 7.98. The standard InChI is InChI=1S/C8H13NOS/c1-8(2,3)7-9-6(11-4)5-10-7/h5H,1-4H3. The summed E-state index contributed by atoms with van der Waals surface area (Å²) in [4.78, 5) is 4.30. The molecule has 3 heteroatoms. The minimum atomic E-state index is 0.0218. The lowest BCUT2D eigenvalue weighted by Gasteiger charge is -2.11. The molecule has 0 amide bonds. The first-order valence-electron chi connectivity index (χ1n) is 3.54. The molecule has 62 valence electrons. The van der Waals surface area contributed by atoms with E-state index in [1.807, 2.05) is 6.26 Å². The Labute approximate surface area is 71.4 Å². The predicted molar refractivity (Wildman–Crippen MR) is 47.0 cm³/mol. The van der Waals surface area contributed by atoms with Gasteiger partial charge in [-0.1, -0.05) is 20.8 Å². The van der Waals surface area contributed by atoms with Crippen molar-refractivity contribution < 1.29 is 4.42 Å². The number of oxazole rings is 1. The Hall–Kier alpha value is -0.440. The molecule has 0 atom stereocenters. The van der Waals surface area contributed by atoms with Crippen molar-refractivity contribution in [1.29, 1.82) is 0 Å². The summed E-state index contributed by atoms with van der Waals surface area (Å²) in [6.45, 7) is 6.26. The van der Waals surface area contributed by atoms with Crippen molar-refractivity contribution in [1.82, 2.24) is 4.98 Å². The van der Waals surface area contributed by atoms with Crippen LogP contribution in [0.3, 0.4) is 0 Å². The van der Waals surface area contributed by atoms with Gasteiger partial charge in [-0.2, -0.15) is 0 Å². The normalized spacial score (nSPS) is 12.0. The molecule has 0 aliphatic rings. The van der Waals surface area contributed by atoms with Crippen molar-refractivity contribution in [3.8, 4) is 0 Å². The molecule has 0 aliphatic heterocycles. The molecule has 11 heavy (non-hydrogen) atoms. The molecule has 0 aromatic carbocycles. The molecule has 0 fully saturated rings. The minimum absolute atomic E-state index is 0.0218. The van der Waals surface area contributed by atoms with E-state index in [0.717, 1.165) is 10.9 Å². The monoisotopic (exact) mass is 171 g/mol. The van der Waals surface area contributed by atoms with Gasteiger partial charge < -0.3 is 4.42 Å². The molecule has 1 heterocycles. The zero-order chi connectivity index (χ0) is 8.48. The van der Waals surface area contributed by atoms with E-state index in [2.05, 4.69) is 25.8 Å². The molecule has 0 saturated heterocycles. The molecule has 0 aliphatic carbocycles. The van der Waals surface area contributed by atoms with Crippen molar-refractivity contribution in [2.75, 3.05) is 6.26 Å². The minimum Gasteiger partial charge on any atom is -0.447 e. The van der Waals surface area contributed by atoms with Crippen LogP contribution >= 0.6 is 11.8 Å². The fourth-order valence-electron chi connectivity index (χ4n) is 0.697. The lowest BCUT2D eigenvalue weighted by atomic mass is 9.97. The highest BCUT2D eigenvalue weighted by Gasteiger charge is 2.19. The summed E-state index contributed by atoms with van der Waals surface area (Å²) in [6.07, 6.45) is 3.69. The summed E-state index contributed by atoms with van der Waals surface area (Å²) in [7, 11) is 0. The number of nitrogens with zero attached hydrogens (tertiary/aromatic N) is 1. The summed E-state index contributed by atoms with van der Waals surface area (Å²) >= 11 is 1.60. The number of hydrogen-bond acceptors (Lipinski definition) is 3. The van der Waals surface area contributed by atoms with Gasteiger partial charge in [0.2, 0.25) is 0 Å². The number of thioether (sulfide) groups is 1. The van der Waals surface area contributed by atoms with Crippen LogP contribution < -0.4 is 0 Å². The van der Waals surface area contributed by atoms with Crippen LogP contribution in [0.15, 0.2) is 15.7 Å². The number of rotatable bonds is 1. The second-order valence-corrected chi connectivity index (χ2v) is 4.27. The van der Waals surface area contributed by atoms with Crippen molar-refractivity contribution in [2.24, 2.45) is 0 Å². The molecule has 1 rings (SSSR count). The molecular formula is C8H13NOS. The Balaban J connectivity index is 2.89. The molecule has 0 N–H and O–H groups in total. The fraction of sp³-hybridized carbons (Fsp3) is 0.625. The third kappa shape index (κ3) is 1.99. The van der Waals surface area contributed by atoms with Gasteiger partial charge in [0.25, 0.3) is 0 Å². The molecule has 0 unspecified atom stereocenters. The summed E-state index contributed by atoms with van der Waals surface area (Å²) < 4.78 is 5.29. The molecule has 0 bridgehead atoms. The van der Waals surface area contributed by atoms with Crippen molar-refractivity contribution in [3.63, 3.8) is 0 Å². The second-order valence-electron chi connectivity index (χ2n) is 3.45. The lowest BCUT2D eigenvalue weighted by molar-refractivity contribution is 0.392. The van der Waals surface area contributed by atoms with Crippen molar-refractivity contribution in [2.45, 2.75) is 31.2 Å². The van der Waals surface area contributed by atoms with Crippen LogP contribution in [0.5, 0.6) is 0 Å². The molecule has 2 nitrogen and oxygen atoms in total. The van der Waals surface area contributed by atoms with E-state index in [1.54, 1.807) is 18.0 Å². The first-order chi connectivity index (χ1) is 5.04. The Morgan fingerprint density at radius 2 is 2.09 bits per heavy atom. The van der Waals surface area contributed by atoms with Gasteiger partial charge in [-0.25, -0.2) is 4.98 Å². The summed E-state index contributed by atoms with van der Waals surface area (Å²) in [5.74, 6) is 0.807. The van der Waals surface area contributed by atoms with Crippen molar-refractivity contribution in [3.05, 3.63) is 12.2 Å². The average Bonchev–Trinajstić information content (AvgIpc) is 2.32. The van der Waals surface area contributed by atoms with Gasteiger partial charge in [0, 0.05) is 5.41 Å². The van der Waals surface area contributed by atoms with E-state index < -0.39 is 0 Å². The van der Waals surface area contributed by atoms with Gasteiger partial charge in [-0.15, -0.1) is 11.8 Å². The van der Waals surface area contributed by atoms with Crippen LogP contribution in [0, 0.1) is 0 Å². The van der Waals surface area contributed by atoms with E-state index in [-0.39, 0.29) is 5.41 Å². The van der Waals surface area contributed by atoms with Crippen LogP contribution in [-0.2, 0) is 5.41 Å². The smallest absolute Gasteiger partial charge is 0.200 e. The Morgan fingerprint density at radius 1 is 1.45 bits per heavy atom. The Bertz CT molecular complexity index is 236. The maximum atomic E-state index is 5.29. The zero-order valence-electron chi connectivity index (χ0n) is 7.34. The van der Waals surface area contributed by atoms with Gasteiger partial charge >= 0.3 is 0 Å². The SMILES string of the molecule is CSc1coc(C(C)(C)C)n1. The first-order valence-corrected chi connectivity index (χ1v) is 4.76. The van der Waals surface area contributed by atoms with Crippen LogP contribution in [0.1, 0.15) is 26.7 Å². The molecule has 0 radical (unpaired) electrons. The quantitative estimate of drug-likeness (QED) is 0.608. The van der Waals surface area contributed by atoms with Gasteiger partial charge in [0.1, 0.15) is 11.3 Å².